The van der Waals surface area contributed by atoms with Gasteiger partial charge in [0.05, 0.1) is 0 Å². The first-order valence-corrected chi connectivity index (χ1v) is 5.77. The van der Waals surface area contributed by atoms with E-state index in [1.807, 2.05) is 0 Å². The molecule has 0 saturated carbocycles. The maximum atomic E-state index is 9.47. The molecule has 9 nitrogen and oxygen atoms in total. The standard InChI is InChI=1S/3C2H6O.CH5O4P.2H3N/c3*1-2-3;1-5-6(2,3)4;;/h3*3H,2H2,1H3;1H3,(H2,2,3,4);2*1H3. The van der Waals surface area contributed by atoms with Gasteiger partial charge in [-0.15, -0.1) is 0 Å². The van der Waals surface area contributed by atoms with E-state index in [2.05, 4.69) is 4.52 Å². The van der Waals surface area contributed by atoms with E-state index in [1.54, 1.807) is 20.8 Å². The monoisotopic (exact) mass is 284 g/mol. The predicted molar refractivity (Wildman–Crippen MR) is 67.4 cm³/mol. The van der Waals surface area contributed by atoms with Crippen LogP contribution >= 0.6 is 7.82 Å². The summed E-state index contributed by atoms with van der Waals surface area (Å²) in [6.45, 7) is 5.79. The van der Waals surface area contributed by atoms with Crippen molar-refractivity contribution in [3.8, 4) is 0 Å². The lowest BCUT2D eigenvalue weighted by molar-refractivity contribution is 0.235. The van der Waals surface area contributed by atoms with Gasteiger partial charge in [-0.3, -0.25) is 4.52 Å². The summed E-state index contributed by atoms with van der Waals surface area (Å²) in [5.74, 6) is 0. The first-order chi connectivity index (χ1) is 6.80. The van der Waals surface area contributed by atoms with Gasteiger partial charge in [0.1, 0.15) is 0 Å². The van der Waals surface area contributed by atoms with Crippen LogP contribution in [0.3, 0.4) is 0 Å². The summed E-state index contributed by atoms with van der Waals surface area (Å²) in [6, 6.07) is 0. The first kappa shape index (κ1) is 36.0. The molecule has 0 atom stereocenters. The van der Waals surface area contributed by atoms with E-state index in [1.165, 1.54) is 0 Å². The second-order valence-corrected chi connectivity index (χ2v) is 2.97. The maximum absolute atomic E-state index is 9.47. The van der Waals surface area contributed by atoms with Crippen LogP contribution in [0.2, 0.25) is 0 Å². The number of aliphatic hydroxyl groups excluding tert-OH is 3. The maximum Gasteiger partial charge on any atom is 0.469 e. The lowest BCUT2D eigenvalue weighted by atomic mass is 10.9. The minimum Gasteiger partial charge on any atom is -0.397 e. The molecule has 0 saturated heterocycles. The highest BCUT2D eigenvalue weighted by atomic mass is 31.2. The van der Waals surface area contributed by atoms with E-state index in [0.717, 1.165) is 7.11 Å². The summed E-state index contributed by atoms with van der Waals surface area (Å²) >= 11 is 0. The topological polar surface area (TPSA) is 197 Å². The number of phosphoric acid groups is 1. The second kappa shape index (κ2) is 36.0. The molecule has 0 aliphatic rings. The Kier molecular flexibility index (Phi) is 76.2. The van der Waals surface area contributed by atoms with Crippen molar-refractivity contribution in [2.75, 3.05) is 26.9 Å². The van der Waals surface area contributed by atoms with E-state index >= 15 is 0 Å². The van der Waals surface area contributed by atoms with Gasteiger partial charge in [-0.05, 0) is 20.8 Å². The van der Waals surface area contributed by atoms with Crippen LogP contribution in [-0.2, 0) is 9.09 Å². The molecular formula is C7H29N2O7P. The van der Waals surface area contributed by atoms with E-state index < -0.39 is 7.82 Å². The quantitative estimate of drug-likeness (QED) is 0.325. The number of phosphoric ester groups is 1. The largest absolute Gasteiger partial charge is 0.469 e. The van der Waals surface area contributed by atoms with Crippen LogP contribution in [0.4, 0.5) is 0 Å². The van der Waals surface area contributed by atoms with Gasteiger partial charge < -0.3 is 37.4 Å². The molecule has 0 spiro atoms. The third-order valence-corrected chi connectivity index (χ3v) is 0.714. The van der Waals surface area contributed by atoms with Crippen LogP contribution in [-0.4, -0.2) is 52.0 Å². The summed E-state index contributed by atoms with van der Waals surface area (Å²) in [6.07, 6.45) is 0. The Morgan fingerprint density at radius 1 is 0.882 bits per heavy atom. The summed E-state index contributed by atoms with van der Waals surface area (Å²) in [4.78, 5) is 15.4. The molecule has 0 bridgehead atoms. The third kappa shape index (κ3) is 364. The Bertz CT molecular complexity index is 118. The highest BCUT2D eigenvalue weighted by molar-refractivity contribution is 7.46. The highest BCUT2D eigenvalue weighted by Crippen LogP contribution is 2.33. The smallest absolute Gasteiger partial charge is 0.397 e. The van der Waals surface area contributed by atoms with Crippen LogP contribution < -0.4 is 12.3 Å². The highest BCUT2D eigenvalue weighted by Gasteiger charge is 2.07. The number of hydrogen-bond donors (Lipinski definition) is 7. The Hall–Kier alpha value is -0.0900. The van der Waals surface area contributed by atoms with Gasteiger partial charge in [-0.2, -0.15) is 0 Å². The van der Waals surface area contributed by atoms with Crippen LogP contribution in [0.15, 0.2) is 0 Å². The van der Waals surface area contributed by atoms with Crippen molar-refractivity contribution in [1.82, 2.24) is 12.3 Å². The van der Waals surface area contributed by atoms with E-state index in [-0.39, 0.29) is 32.1 Å². The van der Waals surface area contributed by atoms with Gasteiger partial charge >= 0.3 is 7.82 Å². The van der Waals surface area contributed by atoms with Gasteiger partial charge in [0.25, 0.3) is 0 Å². The van der Waals surface area contributed by atoms with Crippen molar-refractivity contribution in [1.29, 1.82) is 0 Å². The van der Waals surface area contributed by atoms with Gasteiger partial charge in [0.15, 0.2) is 0 Å². The van der Waals surface area contributed by atoms with Crippen molar-refractivity contribution in [3.05, 3.63) is 0 Å². The minimum absolute atomic E-state index is 0. The van der Waals surface area contributed by atoms with Crippen molar-refractivity contribution in [2.24, 2.45) is 0 Å². The number of aliphatic hydroxyl groups is 3. The molecule has 11 N–H and O–H groups in total. The zero-order valence-corrected chi connectivity index (χ0v) is 11.9. The summed E-state index contributed by atoms with van der Waals surface area (Å²) < 4.78 is 13.1. The summed E-state index contributed by atoms with van der Waals surface area (Å²) in [7, 11) is -3.20. The van der Waals surface area contributed by atoms with E-state index in [0.29, 0.717) is 0 Å². The SMILES string of the molecule is CCO.CCO.CCO.COP(=O)(O)O.N.N. The fraction of sp³-hybridized carbons (Fsp3) is 1.00. The van der Waals surface area contributed by atoms with Crippen LogP contribution in [0.1, 0.15) is 20.8 Å². The fourth-order valence-corrected chi connectivity index (χ4v) is 0. The molecule has 0 unspecified atom stereocenters. The molecule has 0 amide bonds. The lowest BCUT2D eigenvalue weighted by Gasteiger charge is -1.93. The number of hydrogen-bond acceptors (Lipinski definition) is 7. The summed E-state index contributed by atoms with van der Waals surface area (Å²) in [5, 5.41) is 22.7. The molecule has 114 valence electrons. The molecule has 10 heteroatoms. The van der Waals surface area contributed by atoms with Crippen LogP contribution in [0.5, 0.6) is 0 Å². The Labute approximate surface area is 103 Å². The molecule has 0 radical (unpaired) electrons. The van der Waals surface area contributed by atoms with Gasteiger partial charge in [-0.25, -0.2) is 4.57 Å². The lowest BCUT2D eigenvalue weighted by Crippen LogP contribution is -1.76. The van der Waals surface area contributed by atoms with Crippen molar-refractivity contribution >= 4 is 7.82 Å². The molecule has 0 fully saturated rings. The average molecular weight is 284 g/mol. The number of rotatable bonds is 1. The molecule has 0 aromatic carbocycles. The normalized spacial score (nSPS) is 7.35. The van der Waals surface area contributed by atoms with Crippen molar-refractivity contribution in [2.45, 2.75) is 20.8 Å². The van der Waals surface area contributed by atoms with E-state index in [9.17, 15) is 4.57 Å². The second-order valence-electron chi connectivity index (χ2n) is 1.62. The van der Waals surface area contributed by atoms with Gasteiger partial charge in [-0.1, -0.05) is 0 Å². The predicted octanol–water partition coefficient (Wildman–Crippen LogP) is 0.0453. The minimum atomic E-state index is -4.15. The third-order valence-electron chi connectivity index (χ3n) is 0.238. The van der Waals surface area contributed by atoms with Crippen molar-refractivity contribution < 1.29 is 34.2 Å². The molecule has 0 aliphatic carbocycles. The van der Waals surface area contributed by atoms with Crippen LogP contribution in [0, 0.1) is 0 Å². The van der Waals surface area contributed by atoms with E-state index in [4.69, 9.17) is 25.1 Å². The van der Waals surface area contributed by atoms with Gasteiger partial charge in [0, 0.05) is 26.9 Å². The molecule has 0 heterocycles. The zero-order valence-electron chi connectivity index (χ0n) is 11.0. The molecule has 0 aliphatic heterocycles. The molecule has 0 rings (SSSR count). The summed E-state index contributed by atoms with van der Waals surface area (Å²) in [5.41, 5.74) is 0. The molecular weight excluding hydrogens is 255 g/mol. The molecule has 17 heavy (non-hydrogen) atoms. The molecule has 0 aromatic rings. The Morgan fingerprint density at radius 3 is 0.941 bits per heavy atom. The van der Waals surface area contributed by atoms with Crippen molar-refractivity contribution in [3.63, 3.8) is 0 Å². The fourth-order valence-electron chi connectivity index (χ4n) is 0. The Balaban J connectivity index is -0.0000000243. The zero-order chi connectivity index (χ0) is 13.3. The molecule has 0 aromatic heterocycles. The Morgan fingerprint density at radius 2 is 0.941 bits per heavy atom. The van der Waals surface area contributed by atoms with Gasteiger partial charge in [0.2, 0.25) is 0 Å². The first-order valence-electron chi connectivity index (χ1n) is 4.24. The van der Waals surface area contributed by atoms with Crippen LogP contribution in [0.25, 0.3) is 0 Å². The average Bonchev–Trinajstić information content (AvgIpc) is 2.07.